The van der Waals surface area contributed by atoms with Crippen molar-refractivity contribution in [1.29, 1.82) is 0 Å². The molecule has 0 atom stereocenters. The Morgan fingerprint density at radius 2 is 2.11 bits per heavy atom. The molecule has 4 nitrogen and oxygen atoms in total. The Morgan fingerprint density at radius 3 is 2.95 bits per heavy atom. The predicted molar refractivity (Wildman–Crippen MR) is 81.7 cm³/mol. The second-order valence-electron chi connectivity index (χ2n) is 4.25. The normalized spacial score (nSPS) is 15.3. The van der Waals surface area contributed by atoms with Gasteiger partial charge in [0.05, 0.1) is 13.3 Å². The van der Waals surface area contributed by atoms with E-state index in [2.05, 4.69) is 15.5 Å². The average Bonchev–Trinajstić information content (AvgIpc) is 2.68. The number of benzene rings is 1. The van der Waals surface area contributed by atoms with Crippen LogP contribution in [0.3, 0.4) is 0 Å². The molecule has 19 heavy (non-hydrogen) atoms. The monoisotopic (exact) mass is 281 g/mol. The summed E-state index contributed by atoms with van der Waals surface area (Å²) in [4.78, 5) is 4.46. The molecule has 2 rings (SSSR count). The third-order valence-corrected chi connectivity index (χ3v) is 2.91. The van der Waals surface area contributed by atoms with Crippen LogP contribution in [0, 0.1) is 0 Å². The van der Waals surface area contributed by atoms with Gasteiger partial charge in [-0.15, -0.1) is 12.4 Å². The predicted octanol–water partition coefficient (Wildman–Crippen LogP) is 3.01. The number of hydrogen-bond acceptors (Lipinski definition) is 4. The number of nitrogens with one attached hydrogen (secondary N) is 1. The Labute approximate surface area is 120 Å². The maximum atomic E-state index is 5.26. The molecule has 1 aromatic rings. The largest absolute Gasteiger partial charge is 0.496 e. The first-order chi connectivity index (χ1) is 8.90. The van der Waals surface area contributed by atoms with Gasteiger partial charge in [-0.3, -0.25) is 10.4 Å². The third kappa shape index (κ3) is 4.91. The highest BCUT2D eigenvalue weighted by atomic mass is 35.5. The van der Waals surface area contributed by atoms with Crippen molar-refractivity contribution in [2.24, 2.45) is 10.1 Å². The zero-order valence-corrected chi connectivity index (χ0v) is 11.9. The van der Waals surface area contributed by atoms with Crippen LogP contribution in [0.15, 0.2) is 34.4 Å². The zero-order chi connectivity index (χ0) is 12.6. The highest BCUT2D eigenvalue weighted by molar-refractivity contribution is 5.87. The van der Waals surface area contributed by atoms with Crippen LogP contribution in [0.2, 0.25) is 0 Å². The van der Waals surface area contributed by atoms with Gasteiger partial charge in [-0.2, -0.15) is 5.10 Å². The zero-order valence-electron chi connectivity index (χ0n) is 11.1. The summed E-state index contributed by atoms with van der Waals surface area (Å²) in [5, 5.41) is 4.23. The second kappa shape index (κ2) is 8.53. The lowest BCUT2D eigenvalue weighted by molar-refractivity contribution is 0.414. The van der Waals surface area contributed by atoms with Crippen molar-refractivity contribution < 1.29 is 4.74 Å². The molecule has 0 aromatic heterocycles. The Hall–Kier alpha value is -1.55. The molecular weight excluding hydrogens is 262 g/mol. The topological polar surface area (TPSA) is 46.0 Å². The number of para-hydroxylation sites is 1. The molecule has 1 aliphatic heterocycles. The molecule has 1 heterocycles. The molecule has 0 saturated heterocycles. The fourth-order valence-corrected chi connectivity index (χ4v) is 1.91. The van der Waals surface area contributed by atoms with Gasteiger partial charge < -0.3 is 4.74 Å². The van der Waals surface area contributed by atoms with Crippen molar-refractivity contribution in [2.75, 3.05) is 13.7 Å². The maximum Gasteiger partial charge on any atom is 0.127 e. The van der Waals surface area contributed by atoms with Crippen LogP contribution in [0.25, 0.3) is 0 Å². The third-order valence-electron chi connectivity index (χ3n) is 2.91. The van der Waals surface area contributed by atoms with E-state index in [1.54, 1.807) is 13.3 Å². The first-order valence-electron chi connectivity index (χ1n) is 6.35. The summed E-state index contributed by atoms with van der Waals surface area (Å²) < 4.78 is 5.26. The molecule has 0 radical (unpaired) electrons. The van der Waals surface area contributed by atoms with Gasteiger partial charge in [0.1, 0.15) is 11.6 Å². The smallest absolute Gasteiger partial charge is 0.127 e. The Morgan fingerprint density at radius 1 is 1.26 bits per heavy atom. The molecule has 5 heteroatoms. The van der Waals surface area contributed by atoms with E-state index in [0.29, 0.717) is 0 Å². The number of amidine groups is 1. The van der Waals surface area contributed by atoms with E-state index in [9.17, 15) is 0 Å². The Kier molecular flexibility index (Phi) is 6.97. The minimum absolute atomic E-state index is 0. The first kappa shape index (κ1) is 15.5. The lowest BCUT2D eigenvalue weighted by Gasteiger charge is -2.04. The number of ether oxygens (including phenoxy) is 1. The van der Waals surface area contributed by atoms with Crippen LogP contribution < -0.4 is 10.2 Å². The van der Waals surface area contributed by atoms with Crippen molar-refractivity contribution >= 4 is 24.5 Å². The van der Waals surface area contributed by atoms with E-state index in [1.807, 2.05) is 24.3 Å². The Bertz CT molecular complexity index is 446. The summed E-state index contributed by atoms with van der Waals surface area (Å²) in [7, 11) is 1.66. The van der Waals surface area contributed by atoms with E-state index in [0.717, 1.165) is 30.1 Å². The molecule has 0 saturated carbocycles. The highest BCUT2D eigenvalue weighted by Gasteiger charge is 2.02. The number of hydrazone groups is 1. The molecule has 1 aromatic carbocycles. The number of nitrogens with zero attached hydrogens (tertiary/aromatic N) is 2. The molecule has 0 unspecified atom stereocenters. The van der Waals surface area contributed by atoms with E-state index in [1.165, 1.54) is 19.3 Å². The van der Waals surface area contributed by atoms with E-state index < -0.39 is 0 Å². The van der Waals surface area contributed by atoms with Crippen LogP contribution >= 0.6 is 12.4 Å². The number of hydrogen-bond donors (Lipinski definition) is 1. The fraction of sp³-hybridized carbons (Fsp3) is 0.429. The van der Waals surface area contributed by atoms with Gasteiger partial charge in [-0.1, -0.05) is 18.6 Å². The minimum Gasteiger partial charge on any atom is -0.496 e. The van der Waals surface area contributed by atoms with E-state index >= 15 is 0 Å². The lowest BCUT2D eigenvalue weighted by Crippen LogP contribution is -2.17. The van der Waals surface area contributed by atoms with Crippen molar-refractivity contribution in [2.45, 2.75) is 25.7 Å². The molecule has 1 N–H and O–H groups in total. The summed E-state index contributed by atoms with van der Waals surface area (Å²) in [6, 6.07) is 7.80. The standard InChI is InChI=1S/C14H19N3O.ClH/c1-18-13-8-5-4-7-12(13)11-16-17-14-9-3-2-6-10-15-14;/h4-5,7-8,11H,2-3,6,9-10H2,1H3,(H,15,17);1H/b16-11+;. The molecule has 0 bridgehead atoms. The molecule has 0 spiro atoms. The van der Waals surface area contributed by atoms with Gasteiger partial charge in [0.25, 0.3) is 0 Å². The SMILES string of the molecule is COc1ccccc1/C=N/NC1=NCCCCC1.Cl. The quantitative estimate of drug-likeness (QED) is 0.684. The first-order valence-corrected chi connectivity index (χ1v) is 6.35. The maximum absolute atomic E-state index is 5.26. The summed E-state index contributed by atoms with van der Waals surface area (Å²) >= 11 is 0. The molecular formula is C14H20ClN3O. The highest BCUT2D eigenvalue weighted by Crippen LogP contribution is 2.14. The Balaban J connectivity index is 0.00000180. The summed E-state index contributed by atoms with van der Waals surface area (Å²) in [6.45, 7) is 0.909. The fourth-order valence-electron chi connectivity index (χ4n) is 1.91. The van der Waals surface area contributed by atoms with Crippen molar-refractivity contribution in [1.82, 2.24) is 5.43 Å². The number of aliphatic imine (C=N–C) groups is 1. The summed E-state index contributed by atoms with van der Waals surface area (Å²) in [5.41, 5.74) is 3.99. The molecule has 1 aliphatic rings. The molecule has 0 fully saturated rings. The van der Waals surface area contributed by atoms with Crippen LogP contribution in [0.5, 0.6) is 5.75 Å². The van der Waals surface area contributed by atoms with Crippen molar-refractivity contribution in [3.05, 3.63) is 29.8 Å². The van der Waals surface area contributed by atoms with E-state index in [4.69, 9.17) is 4.74 Å². The number of halogens is 1. The van der Waals surface area contributed by atoms with Gasteiger partial charge in [-0.25, -0.2) is 0 Å². The van der Waals surface area contributed by atoms with Crippen molar-refractivity contribution in [3.63, 3.8) is 0 Å². The van der Waals surface area contributed by atoms with Gasteiger partial charge in [-0.05, 0) is 25.0 Å². The number of methoxy groups -OCH3 is 1. The lowest BCUT2D eigenvalue weighted by atomic mass is 10.2. The van der Waals surface area contributed by atoms with Crippen LogP contribution in [0.1, 0.15) is 31.2 Å². The van der Waals surface area contributed by atoms with Crippen LogP contribution in [0.4, 0.5) is 0 Å². The average molecular weight is 282 g/mol. The van der Waals surface area contributed by atoms with Gasteiger partial charge in [0.15, 0.2) is 0 Å². The van der Waals surface area contributed by atoms with Crippen LogP contribution in [-0.2, 0) is 0 Å². The second-order valence-corrected chi connectivity index (χ2v) is 4.25. The van der Waals surface area contributed by atoms with E-state index in [-0.39, 0.29) is 12.4 Å². The van der Waals surface area contributed by atoms with Crippen LogP contribution in [-0.4, -0.2) is 25.7 Å². The van der Waals surface area contributed by atoms with Gasteiger partial charge in [0.2, 0.25) is 0 Å². The molecule has 0 amide bonds. The summed E-state index contributed by atoms with van der Waals surface area (Å²) in [5.74, 6) is 1.81. The number of rotatable bonds is 3. The molecule has 104 valence electrons. The van der Waals surface area contributed by atoms with Gasteiger partial charge >= 0.3 is 0 Å². The van der Waals surface area contributed by atoms with Crippen molar-refractivity contribution in [3.8, 4) is 5.75 Å². The summed E-state index contributed by atoms with van der Waals surface area (Å²) in [6.07, 6.45) is 6.39. The molecule has 0 aliphatic carbocycles. The van der Waals surface area contributed by atoms with Gasteiger partial charge in [0, 0.05) is 18.5 Å². The minimum atomic E-state index is 0.